The largest absolute Gasteiger partial charge is 0.382 e. The lowest BCUT2D eigenvalue weighted by Crippen LogP contribution is -2.04. The molecule has 0 radical (unpaired) electrons. The van der Waals surface area contributed by atoms with Crippen molar-refractivity contribution in [1.29, 1.82) is 5.41 Å². The van der Waals surface area contributed by atoms with E-state index < -0.39 is 0 Å². The Morgan fingerprint density at radius 2 is 2.13 bits per heavy atom. The monoisotopic (exact) mass is 310 g/mol. The van der Waals surface area contributed by atoms with Crippen LogP contribution in [0.1, 0.15) is 5.69 Å². The molecular weight excluding hydrogens is 295 g/mol. The van der Waals surface area contributed by atoms with Gasteiger partial charge >= 0.3 is 0 Å². The SMILES string of the molecule is N=C/C(=C\Nc1ccccc1F)Cc1ccc2c(N)ncnn12. The molecule has 0 saturated carbocycles. The van der Waals surface area contributed by atoms with Crippen LogP contribution in [-0.4, -0.2) is 20.8 Å². The maximum atomic E-state index is 13.6. The van der Waals surface area contributed by atoms with E-state index in [2.05, 4.69) is 15.4 Å². The molecule has 116 valence electrons. The molecule has 0 bridgehead atoms. The number of hydrogen-bond donors (Lipinski definition) is 3. The molecule has 23 heavy (non-hydrogen) atoms. The zero-order chi connectivity index (χ0) is 16.2. The second-order valence-electron chi connectivity index (χ2n) is 4.93. The number of allylic oxidation sites excluding steroid dienone is 1. The van der Waals surface area contributed by atoms with Gasteiger partial charge in [-0.05, 0) is 29.8 Å². The second-order valence-corrected chi connectivity index (χ2v) is 4.93. The Labute approximate surface area is 132 Å². The number of anilines is 2. The van der Waals surface area contributed by atoms with E-state index in [-0.39, 0.29) is 5.82 Å². The van der Waals surface area contributed by atoms with Crippen molar-refractivity contribution in [3.8, 4) is 0 Å². The van der Waals surface area contributed by atoms with E-state index >= 15 is 0 Å². The number of nitrogens with one attached hydrogen (secondary N) is 2. The first-order valence-electron chi connectivity index (χ1n) is 6.96. The van der Waals surface area contributed by atoms with Gasteiger partial charge in [-0.3, -0.25) is 0 Å². The van der Waals surface area contributed by atoms with Crippen LogP contribution in [-0.2, 0) is 6.42 Å². The number of nitrogen functional groups attached to an aromatic ring is 1. The fraction of sp³-hybridized carbons (Fsp3) is 0.0625. The molecule has 0 unspecified atom stereocenters. The van der Waals surface area contributed by atoms with E-state index in [1.807, 2.05) is 12.1 Å². The molecule has 0 spiro atoms. The van der Waals surface area contributed by atoms with E-state index in [1.54, 1.807) is 28.9 Å². The highest BCUT2D eigenvalue weighted by molar-refractivity contribution is 5.77. The third kappa shape index (κ3) is 3.03. The molecule has 4 N–H and O–H groups in total. The quantitative estimate of drug-likeness (QED) is 0.632. The van der Waals surface area contributed by atoms with E-state index in [1.165, 1.54) is 18.6 Å². The Bertz CT molecular complexity index is 883. The zero-order valence-electron chi connectivity index (χ0n) is 12.2. The topological polar surface area (TPSA) is 92.1 Å². The van der Waals surface area contributed by atoms with Crippen molar-refractivity contribution >= 4 is 23.2 Å². The fourth-order valence-corrected chi connectivity index (χ4v) is 2.24. The number of para-hydroxylation sites is 1. The molecule has 2 aromatic heterocycles. The molecule has 0 aliphatic rings. The Morgan fingerprint density at radius 1 is 1.30 bits per heavy atom. The molecule has 6 nitrogen and oxygen atoms in total. The predicted molar refractivity (Wildman–Crippen MR) is 88.0 cm³/mol. The Balaban J connectivity index is 1.84. The van der Waals surface area contributed by atoms with Gasteiger partial charge in [0.05, 0.1) is 5.69 Å². The predicted octanol–water partition coefficient (Wildman–Crippen LogP) is 2.64. The highest BCUT2D eigenvalue weighted by Crippen LogP contribution is 2.16. The van der Waals surface area contributed by atoms with Crippen molar-refractivity contribution in [3.63, 3.8) is 0 Å². The van der Waals surface area contributed by atoms with Crippen LogP contribution in [0.15, 0.2) is 54.5 Å². The maximum absolute atomic E-state index is 13.6. The van der Waals surface area contributed by atoms with Gasteiger partial charge in [-0.15, -0.1) is 0 Å². The number of hydrogen-bond acceptors (Lipinski definition) is 5. The van der Waals surface area contributed by atoms with Gasteiger partial charge in [-0.25, -0.2) is 13.9 Å². The molecule has 0 atom stereocenters. The summed E-state index contributed by atoms with van der Waals surface area (Å²) in [5.41, 5.74) is 8.41. The number of nitrogens with zero attached hydrogens (tertiary/aromatic N) is 3. The third-order valence-corrected chi connectivity index (χ3v) is 3.42. The van der Waals surface area contributed by atoms with Gasteiger partial charge in [-0.1, -0.05) is 12.1 Å². The van der Waals surface area contributed by atoms with Gasteiger partial charge in [-0.2, -0.15) is 5.10 Å². The van der Waals surface area contributed by atoms with Crippen LogP contribution in [0.3, 0.4) is 0 Å². The second kappa shape index (κ2) is 6.27. The lowest BCUT2D eigenvalue weighted by molar-refractivity contribution is 0.632. The Morgan fingerprint density at radius 3 is 2.91 bits per heavy atom. The van der Waals surface area contributed by atoms with Crippen LogP contribution in [0.5, 0.6) is 0 Å². The summed E-state index contributed by atoms with van der Waals surface area (Å²) >= 11 is 0. The summed E-state index contributed by atoms with van der Waals surface area (Å²) in [4.78, 5) is 3.94. The molecule has 0 aliphatic heterocycles. The first kappa shape index (κ1) is 14.7. The minimum Gasteiger partial charge on any atom is -0.382 e. The smallest absolute Gasteiger partial charge is 0.151 e. The first-order chi connectivity index (χ1) is 11.2. The number of benzene rings is 1. The molecule has 0 aliphatic carbocycles. The Hall–Kier alpha value is -3.22. The number of fused-ring (bicyclic) bond motifs is 1. The van der Waals surface area contributed by atoms with Gasteiger partial charge in [0, 0.05) is 24.5 Å². The summed E-state index contributed by atoms with van der Waals surface area (Å²) in [5.74, 6) is 0.0536. The normalized spacial score (nSPS) is 11.6. The third-order valence-electron chi connectivity index (χ3n) is 3.42. The fourth-order valence-electron chi connectivity index (χ4n) is 2.24. The average Bonchev–Trinajstić information content (AvgIpc) is 2.97. The lowest BCUT2D eigenvalue weighted by atomic mass is 10.1. The van der Waals surface area contributed by atoms with Crippen LogP contribution >= 0.6 is 0 Å². The van der Waals surface area contributed by atoms with Crippen LogP contribution < -0.4 is 11.1 Å². The van der Waals surface area contributed by atoms with Crippen molar-refractivity contribution < 1.29 is 4.39 Å². The summed E-state index contributed by atoms with van der Waals surface area (Å²) in [6.07, 6.45) is 4.67. The summed E-state index contributed by atoms with van der Waals surface area (Å²) in [5, 5.41) is 14.6. The minimum atomic E-state index is -0.346. The highest BCUT2D eigenvalue weighted by atomic mass is 19.1. The summed E-state index contributed by atoms with van der Waals surface area (Å²) in [6, 6.07) is 10.1. The van der Waals surface area contributed by atoms with Crippen molar-refractivity contribution in [2.75, 3.05) is 11.1 Å². The van der Waals surface area contributed by atoms with E-state index in [4.69, 9.17) is 11.1 Å². The van der Waals surface area contributed by atoms with E-state index in [0.717, 1.165) is 5.69 Å². The van der Waals surface area contributed by atoms with E-state index in [0.29, 0.717) is 29.0 Å². The highest BCUT2D eigenvalue weighted by Gasteiger charge is 2.07. The molecule has 7 heteroatoms. The van der Waals surface area contributed by atoms with Gasteiger partial charge in [0.2, 0.25) is 0 Å². The number of nitrogens with two attached hydrogens (primary N) is 1. The van der Waals surface area contributed by atoms with Crippen LogP contribution in [0.4, 0.5) is 15.9 Å². The van der Waals surface area contributed by atoms with Crippen molar-refractivity contribution in [1.82, 2.24) is 14.6 Å². The van der Waals surface area contributed by atoms with Crippen LogP contribution in [0.2, 0.25) is 0 Å². The van der Waals surface area contributed by atoms with Gasteiger partial charge in [0.1, 0.15) is 17.7 Å². The van der Waals surface area contributed by atoms with Crippen LogP contribution in [0, 0.1) is 11.2 Å². The molecular formula is C16H15FN6. The summed E-state index contributed by atoms with van der Waals surface area (Å²) in [6.45, 7) is 0. The Kier molecular flexibility index (Phi) is 4.01. The van der Waals surface area contributed by atoms with Crippen LogP contribution in [0.25, 0.3) is 5.52 Å². The van der Waals surface area contributed by atoms with Crippen molar-refractivity contribution in [3.05, 3.63) is 66.0 Å². The average molecular weight is 310 g/mol. The molecule has 0 fully saturated rings. The summed E-state index contributed by atoms with van der Waals surface area (Å²) < 4.78 is 15.3. The first-order valence-corrected chi connectivity index (χ1v) is 6.96. The van der Waals surface area contributed by atoms with Crippen molar-refractivity contribution in [2.24, 2.45) is 0 Å². The molecule has 2 heterocycles. The number of rotatable bonds is 5. The molecule has 3 aromatic rings. The van der Waals surface area contributed by atoms with Gasteiger partial charge < -0.3 is 16.5 Å². The van der Waals surface area contributed by atoms with E-state index in [9.17, 15) is 4.39 Å². The molecule has 3 rings (SSSR count). The number of halogens is 1. The standard InChI is InChI=1S/C16H15FN6/c17-13-3-1-2-4-14(13)20-9-11(8-18)7-12-5-6-15-16(19)21-10-22-23(12)15/h1-6,8-10,18,20H,7H2,(H2,19,21,22)/b11-9-,18-8?. The minimum absolute atomic E-state index is 0.346. The molecule has 1 aromatic carbocycles. The summed E-state index contributed by atoms with van der Waals surface area (Å²) in [7, 11) is 0. The van der Waals surface area contributed by atoms with Crippen molar-refractivity contribution in [2.45, 2.75) is 6.42 Å². The van der Waals surface area contributed by atoms with Gasteiger partial charge in [0.25, 0.3) is 0 Å². The zero-order valence-corrected chi connectivity index (χ0v) is 12.2. The molecule has 0 saturated heterocycles. The molecule has 0 amide bonds. The maximum Gasteiger partial charge on any atom is 0.151 e. The number of aromatic nitrogens is 3. The lowest BCUT2D eigenvalue weighted by Gasteiger charge is -2.06. The van der Waals surface area contributed by atoms with Gasteiger partial charge in [0.15, 0.2) is 5.82 Å².